The molecule has 1 aliphatic rings. The van der Waals surface area contributed by atoms with Gasteiger partial charge >= 0.3 is 0 Å². The number of hydrogen-bond acceptors (Lipinski definition) is 9. The Kier molecular flexibility index (Phi) is 6.99. The third-order valence-corrected chi connectivity index (χ3v) is 5.92. The van der Waals surface area contributed by atoms with Gasteiger partial charge in [-0.2, -0.15) is 5.26 Å². The lowest BCUT2D eigenvalue weighted by Crippen LogP contribution is -2.35. The van der Waals surface area contributed by atoms with Gasteiger partial charge in [-0.1, -0.05) is 6.07 Å². The van der Waals surface area contributed by atoms with Gasteiger partial charge in [0, 0.05) is 35.8 Å². The number of aryl methyl sites for hydroxylation is 1. The predicted octanol–water partition coefficient (Wildman–Crippen LogP) is 3.01. The number of aromatic nitrogens is 4. The topological polar surface area (TPSA) is 120 Å². The molecule has 0 aromatic carbocycles. The lowest BCUT2D eigenvalue weighted by molar-refractivity contribution is 0.0946. The quantitative estimate of drug-likeness (QED) is 0.529. The summed E-state index contributed by atoms with van der Waals surface area (Å²) in [6.45, 7) is 4.43. The van der Waals surface area contributed by atoms with Crippen LogP contribution in [-0.4, -0.2) is 50.4 Å². The number of nitriles is 1. The van der Waals surface area contributed by atoms with Crippen LogP contribution < -0.4 is 10.6 Å². The van der Waals surface area contributed by atoms with Crippen LogP contribution in [0.25, 0.3) is 0 Å². The van der Waals surface area contributed by atoms with Crippen LogP contribution in [0.3, 0.4) is 0 Å². The van der Waals surface area contributed by atoms with Gasteiger partial charge in [-0.3, -0.25) is 14.7 Å². The van der Waals surface area contributed by atoms with Crippen molar-refractivity contribution in [1.82, 2.24) is 30.2 Å². The first-order valence-corrected chi connectivity index (χ1v) is 11.3. The molecule has 1 aliphatic heterocycles. The number of nitrogens with zero attached hydrogens (tertiary/aromatic N) is 6. The predicted molar refractivity (Wildman–Crippen MR) is 122 cm³/mol. The number of carbonyl (C=O) groups is 1. The first-order chi connectivity index (χ1) is 15.6. The third kappa shape index (κ3) is 5.63. The maximum absolute atomic E-state index is 12.4. The van der Waals surface area contributed by atoms with E-state index in [1.54, 1.807) is 11.6 Å². The van der Waals surface area contributed by atoms with E-state index in [0.29, 0.717) is 29.7 Å². The van der Waals surface area contributed by atoms with Crippen molar-refractivity contribution in [2.75, 3.05) is 25.0 Å². The van der Waals surface area contributed by atoms with Crippen LogP contribution >= 0.6 is 11.3 Å². The standard InChI is InChI=1S/C22H24N8OS/c1-15-11-19(28-20(26-15)16-5-4-9-30(13-16)10-7-23)29-22-27-18(14-32-22)21(31)25-12-17-6-2-3-8-24-17/h2-3,6,8,11,14,16H,4-5,9-10,12-13H2,1H3,(H,25,31)(H,26,27,28,29)/t16-/m1/s1. The van der Waals surface area contributed by atoms with Gasteiger partial charge in [0.25, 0.3) is 5.91 Å². The molecule has 10 heteroatoms. The molecule has 9 nitrogen and oxygen atoms in total. The summed E-state index contributed by atoms with van der Waals surface area (Å²) < 4.78 is 0. The van der Waals surface area contributed by atoms with Crippen molar-refractivity contribution in [2.24, 2.45) is 0 Å². The summed E-state index contributed by atoms with van der Waals surface area (Å²) in [4.78, 5) is 32.5. The highest BCUT2D eigenvalue weighted by atomic mass is 32.1. The monoisotopic (exact) mass is 448 g/mol. The molecule has 3 aromatic heterocycles. The second-order valence-corrected chi connectivity index (χ2v) is 8.51. The molecule has 0 bridgehead atoms. The van der Waals surface area contributed by atoms with E-state index in [0.717, 1.165) is 43.1 Å². The highest BCUT2D eigenvalue weighted by Crippen LogP contribution is 2.27. The summed E-state index contributed by atoms with van der Waals surface area (Å²) in [5, 5.41) is 17.3. The molecule has 32 heavy (non-hydrogen) atoms. The minimum Gasteiger partial charge on any atom is -0.345 e. The van der Waals surface area contributed by atoms with E-state index in [9.17, 15) is 4.79 Å². The molecule has 0 spiro atoms. The lowest BCUT2D eigenvalue weighted by Gasteiger charge is -2.30. The Morgan fingerprint density at radius 2 is 2.25 bits per heavy atom. The Balaban J connectivity index is 1.41. The van der Waals surface area contributed by atoms with Crippen LogP contribution in [0.1, 0.15) is 46.5 Å². The SMILES string of the molecule is Cc1cc(Nc2nc(C(=O)NCc3ccccn3)cs2)nc([C@@H]2CCCN(CC#N)C2)n1. The number of pyridine rings is 1. The number of anilines is 2. The molecular formula is C22H24N8OS. The van der Waals surface area contributed by atoms with Crippen molar-refractivity contribution in [3.05, 3.63) is 58.7 Å². The molecule has 4 rings (SSSR count). The van der Waals surface area contributed by atoms with E-state index in [2.05, 4.69) is 36.6 Å². The number of amides is 1. The van der Waals surface area contributed by atoms with E-state index < -0.39 is 0 Å². The minimum absolute atomic E-state index is 0.196. The normalized spacial score (nSPS) is 16.3. The van der Waals surface area contributed by atoms with Crippen LogP contribution in [-0.2, 0) is 6.54 Å². The maximum atomic E-state index is 12.4. The molecule has 0 radical (unpaired) electrons. The Morgan fingerprint density at radius 1 is 1.34 bits per heavy atom. The van der Waals surface area contributed by atoms with Crippen molar-refractivity contribution in [3.8, 4) is 6.07 Å². The lowest BCUT2D eigenvalue weighted by atomic mass is 9.97. The van der Waals surface area contributed by atoms with E-state index in [-0.39, 0.29) is 11.8 Å². The fourth-order valence-electron chi connectivity index (χ4n) is 3.66. The smallest absolute Gasteiger partial charge is 0.271 e. The van der Waals surface area contributed by atoms with Gasteiger partial charge in [0.15, 0.2) is 5.13 Å². The van der Waals surface area contributed by atoms with Crippen LogP contribution in [0.15, 0.2) is 35.8 Å². The average molecular weight is 449 g/mol. The Labute approximate surface area is 190 Å². The summed E-state index contributed by atoms with van der Waals surface area (Å²) in [7, 11) is 0. The molecule has 1 saturated heterocycles. The van der Waals surface area contributed by atoms with Crippen LogP contribution in [0.5, 0.6) is 0 Å². The van der Waals surface area contributed by atoms with E-state index >= 15 is 0 Å². The summed E-state index contributed by atoms with van der Waals surface area (Å²) in [5.41, 5.74) is 1.99. The Bertz CT molecular complexity index is 1110. The fraction of sp³-hybridized carbons (Fsp3) is 0.364. The van der Waals surface area contributed by atoms with Crippen molar-refractivity contribution < 1.29 is 4.79 Å². The second-order valence-electron chi connectivity index (χ2n) is 7.65. The van der Waals surface area contributed by atoms with Crippen LogP contribution in [0, 0.1) is 18.3 Å². The number of hydrogen-bond donors (Lipinski definition) is 2. The molecule has 3 aromatic rings. The second kappa shape index (κ2) is 10.3. The molecule has 1 amide bonds. The molecule has 164 valence electrons. The number of likely N-dealkylation sites (tertiary alicyclic amines) is 1. The van der Waals surface area contributed by atoms with E-state index in [1.807, 2.05) is 31.2 Å². The number of carbonyl (C=O) groups excluding carboxylic acids is 1. The van der Waals surface area contributed by atoms with Gasteiger partial charge in [-0.15, -0.1) is 11.3 Å². The molecule has 0 saturated carbocycles. The Morgan fingerprint density at radius 3 is 3.06 bits per heavy atom. The molecule has 1 fully saturated rings. The average Bonchev–Trinajstić information content (AvgIpc) is 3.27. The number of piperidine rings is 1. The first-order valence-electron chi connectivity index (χ1n) is 10.5. The summed E-state index contributed by atoms with van der Waals surface area (Å²) in [5.74, 6) is 1.38. The first kappa shape index (κ1) is 21.8. The third-order valence-electron chi connectivity index (χ3n) is 5.16. The summed E-state index contributed by atoms with van der Waals surface area (Å²) in [6, 6.07) is 9.66. The molecular weight excluding hydrogens is 424 g/mol. The van der Waals surface area contributed by atoms with Crippen LogP contribution in [0.2, 0.25) is 0 Å². The summed E-state index contributed by atoms with van der Waals surface area (Å²) in [6.07, 6.45) is 3.72. The molecule has 0 unspecified atom stereocenters. The highest BCUT2D eigenvalue weighted by molar-refractivity contribution is 7.14. The minimum atomic E-state index is -0.251. The zero-order valence-electron chi connectivity index (χ0n) is 17.8. The fourth-order valence-corrected chi connectivity index (χ4v) is 4.35. The number of rotatable bonds is 7. The Hall–Kier alpha value is -3.42. The van der Waals surface area contributed by atoms with Crippen LogP contribution in [0.4, 0.5) is 10.9 Å². The molecule has 0 aliphatic carbocycles. The van der Waals surface area contributed by atoms with E-state index in [1.165, 1.54) is 11.3 Å². The zero-order valence-corrected chi connectivity index (χ0v) is 18.6. The largest absolute Gasteiger partial charge is 0.345 e. The van der Waals surface area contributed by atoms with Crippen molar-refractivity contribution >= 4 is 28.2 Å². The summed E-state index contributed by atoms with van der Waals surface area (Å²) >= 11 is 1.35. The van der Waals surface area contributed by atoms with Gasteiger partial charge in [0.1, 0.15) is 17.3 Å². The highest BCUT2D eigenvalue weighted by Gasteiger charge is 2.24. The van der Waals surface area contributed by atoms with Crippen molar-refractivity contribution in [2.45, 2.75) is 32.2 Å². The molecule has 4 heterocycles. The maximum Gasteiger partial charge on any atom is 0.271 e. The number of thiazole rings is 1. The van der Waals surface area contributed by atoms with Gasteiger partial charge in [-0.25, -0.2) is 15.0 Å². The number of nitrogens with one attached hydrogen (secondary N) is 2. The molecule has 1 atom stereocenters. The zero-order chi connectivity index (χ0) is 22.3. The van der Waals surface area contributed by atoms with Gasteiger partial charge in [-0.05, 0) is 38.4 Å². The molecule has 2 N–H and O–H groups in total. The van der Waals surface area contributed by atoms with Gasteiger partial charge in [0.2, 0.25) is 0 Å². The van der Waals surface area contributed by atoms with Crippen molar-refractivity contribution in [3.63, 3.8) is 0 Å². The van der Waals surface area contributed by atoms with Gasteiger partial charge in [0.05, 0.1) is 24.9 Å². The van der Waals surface area contributed by atoms with Crippen molar-refractivity contribution in [1.29, 1.82) is 5.26 Å². The van der Waals surface area contributed by atoms with Gasteiger partial charge < -0.3 is 10.6 Å². The van der Waals surface area contributed by atoms with E-state index in [4.69, 9.17) is 10.2 Å².